The lowest BCUT2D eigenvalue weighted by atomic mass is 10.2. The van der Waals surface area contributed by atoms with Crippen LogP contribution < -0.4 is 5.32 Å². The highest BCUT2D eigenvalue weighted by molar-refractivity contribution is 7.20. The van der Waals surface area contributed by atoms with Crippen LogP contribution in [0.1, 0.15) is 10.4 Å². The molecule has 122 valence electrons. The van der Waals surface area contributed by atoms with E-state index in [1.165, 1.54) is 24.3 Å². The van der Waals surface area contributed by atoms with Gasteiger partial charge in [-0.3, -0.25) is 20.2 Å². The summed E-state index contributed by atoms with van der Waals surface area (Å²) in [5.74, 6) is -0.434. The number of nitrogens with zero attached hydrogens (tertiary/aromatic N) is 3. The molecule has 0 saturated heterocycles. The number of rotatable bonds is 4. The number of aromatic nitrogens is 2. The fourth-order valence-corrected chi connectivity index (χ4v) is 3.22. The molecule has 0 unspecified atom stereocenters. The van der Waals surface area contributed by atoms with Gasteiger partial charge in [-0.2, -0.15) is 0 Å². The fourth-order valence-electron chi connectivity index (χ4n) is 1.77. The van der Waals surface area contributed by atoms with Gasteiger partial charge in [0.2, 0.25) is 0 Å². The van der Waals surface area contributed by atoms with Crippen molar-refractivity contribution in [2.24, 2.45) is 0 Å². The standard InChI is InChI=1S/C13H6Cl2N4O4S/c14-9-5-8(10(15)24-9)12-17-18-13(23-12)16-11(20)6-1-3-7(4-2-6)19(21)22/h1-5H,(H,16,18,20). The van der Waals surface area contributed by atoms with Crippen molar-refractivity contribution < 1.29 is 14.1 Å². The SMILES string of the molecule is O=C(Nc1nnc(-c2cc(Cl)sc2Cl)o1)c1ccc([N+](=O)[O-])cc1. The van der Waals surface area contributed by atoms with Gasteiger partial charge < -0.3 is 4.42 Å². The summed E-state index contributed by atoms with van der Waals surface area (Å²) in [4.78, 5) is 22.1. The lowest BCUT2D eigenvalue weighted by Crippen LogP contribution is -2.12. The first-order valence-corrected chi connectivity index (χ1v) is 7.86. The molecule has 0 aliphatic heterocycles. The van der Waals surface area contributed by atoms with Gasteiger partial charge in [-0.1, -0.05) is 28.3 Å². The number of amides is 1. The molecule has 0 atom stereocenters. The largest absolute Gasteiger partial charge is 0.403 e. The van der Waals surface area contributed by atoms with Crippen molar-refractivity contribution in [1.29, 1.82) is 0 Å². The monoisotopic (exact) mass is 384 g/mol. The van der Waals surface area contributed by atoms with E-state index in [2.05, 4.69) is 15.5 Å². The molecule has 11 heteroatoms. The summed E-state index contributed by atoms with van der Waals surface area (Å²) < 4.78 is 6.17. The molecule has 0 radical (unpaired) electrons. The van der Waals surface area contributed by atoms with Crippen LogP contribution in [0.3, 0.4) is 0 Å². The van der Waals surface area contributed by atoms with Crippen LogP contribution in [0.2, 0.25) is 8.67 Å². The highest BCUT2D eigenvalue weighted by Crippen LogP contribution is 2.37. The van der Waals surface area contributed by atoms with Gasteiger partial charge in [-0.05, 0) is 18.2 Å². The Morgan fingerprint density at radius 1 is 1.25 bits per heavy atom. The lowest BCUT2D eigenvalue weighted by Gasteiger charge is -2.00. The van der Waals surface area contributed by atoms with E-state index in [1.54, 1.807) is 6.07 Å². The summed E-state index contributed by atoms with van der Waals surface area (Å²) in [6, 6.07) is 6.53. The molecule has 0 fully saturated rings. The van der Waals surface area contributed by atoms with Crippen molar-refractivity contribution in [3.05, 3.63) is 54.7 Å². The Balaban J connectivity index is 1.75. The number of halogens is 2. The summed E-state index contributed by atoms with van der Waals surface area (Å²) in [6.07, 6.45) is 0. The third kappa shape index (κ3) is 3.37. The minimum Gasteiger partial charge on any atom is -0.403 e. The lowest BCUT2D eigenvalue weighted by molar-refractivity contribution is -0.384. The second-order valence-corrected chi connectivity index (χ2v) is 6.69. The number of nitrogens with one attached hydrogen (secondary N) is 1. The van der Waals surface area contributed by atoms with E-state index in [0.717, 1.165) is 11.3 Å². The molecule has 2 aromatic heterocycles. The number of benzene rings is 1. The van der Waals surface area contributed by atoms with E-state index < -0.39 is 10.8 Å². The Kier molecular flexibility index (Phi) is 4.47. The number of hydrogen-bond donors (Lipinski definition) is 1. The summed E-state index contributed by atoms with van der Waals surface area (Å²) in [5, 5.41) is 20.5. The first-order valence-electron chi connectivity index (χ1n) is 6.28. The van der Waals surface area contributed by atoms with Crippen molar-refractivity contribution in [2.75, 3.05) is 5.32 Å². The number of carbonyl (C=O) groups excluding carboxylic acids is 1. The zero-order valence-corrected chi connectivity index (χ0v) is 13.9. The Labute approximate surface area is 148 Å². The predicted octanol–water partition coefficient (Wildman–Crippen LogP) is 4.27. The first kappa shape index (κ1) is 16.4. The van der Waals surface area contributed by atoms with E-state index >= 15 is 0 Å². The molecule has 8 nitrogen and oxygen atoms in total. The number of thiophene rings is 1. The second-order valence-electron chi connectivity index (χ2n) is 4.41. The summed E-state index contributed by atoms with van der Waals surface area (Å²) in [6.45, 7) is 0. The minimum atomic E-state index is -0.554. The average Bonchev–Trinajstić information content (AvgIpc) is 3.13. The van der Waals surface area contributed by atoms with Gasteiger partial charge in [0.1, 0.15) is 4.34 Å². The quantitative estimate of drug-likeness (QED) is 0.530. The molecule has 0 aliphatic carbocycles. The summed E-state index contributed by atoms with van der Waals surface area (Å²) in [7, 11) is 0. The van der Waals surface area contributed by atoms with Crippen LogP contribution in [-0.2, 0) is 0 Å². The first-order chi connectivity index (χ1) is 11.4. The van der Waals surface area contributed by atoms with Gasteiger partial charge in [-0.25, -0.2) is 0 Å². The van der Waals surface area contributed by atoms with Crippen LogP contribution in [0.5, 0.6) is 0 Å². The van der Waals surface area contributed by atoms with E-state index in [1.807, 2.05) is 0 Å². The van der Waals surface area contributed by atoms with Crippen LogP contribution in [-0.4, -0.2) is 21.0 Å². The molecule has 0 saturated carbocycles. The van der Waals surface area contributed by atoms with Crippen molar-refractivity contribution in [1.82, 2.24) is 10.2 Å². The Morgan fingerprint density at radius 2 is 1.96 bits per heavy atom. The van der Waals surface area contributed by atoms with Crippen molar-refractivity contribution in [3.8, 4) is 11.5 Å². The van der Waals surface area contributed by atoms with E-state index in [9.17, 15) is 14.9 Å². The molecule has 0 aliphatic rings. The smallest absolute Gasteiger partial charge is 0.322 e. The molecular formula is C13H6Cl2N4O4S. The third-order valence-electron chi connectivity index (χ3n) is 2.87. The van der Waals surface area contributed by atoms with Crippen LogP contribution in [0, 0.1) is 10.1 Å². The molecular weight excluding hydrogens is 379 g/mol. The molecule has 24 heavy (non-hydrogen) atoms. The normalized spacial score (nSPS) is 10.6. The number of carbonyl (C=O) groups is 1. The maximum absolute atomic E-state index is 12.1. The Morgan fingerprint density at radius 3 is 2.54 bits per heavy atom. The maximum atomic E-state index is 12.1. The molecule has 2 heterocycles. The number of nitro benzene ring substituents is 1. The van der Waals surface area contributed by atoms with Gasteiger partial charge in [0.05, 0.1) is 14.8 Å². The summed E-state index contributed by atoms with van der Waals surface area (Å²) >= 11 is 13.0. The highest BCUT2D eigenvalue weighted by Gasteiger charge is 2.17. The van der Waals surface area contributed by atoms with Gasteiger partial charge in [0.15, 0.2) is 0 Å². The second kappa shape index (κ2) is 6.56. The number of anilines is 1. The maximum Gasteiger partial charge on any atom is 0.322 e. The fraction of sp³-hybridized carbons (Fsp3) is 0. The molecule has 1 aromatic carbocycles. The molecule has 3 rings (SSSR count). The molecule has 0 bridgehead atoms. The number of nitro groups is 1. The molecule has 1 amide bonds. The van der Waals surface area contributed by atoms with E-state index in [4.69, 9.17) is 27.6 Å². The predicted molar refractivity (Wildman–Crippen MR) is 88.7 cm³/mol. The molecule has 0 spiro atoms. The van der Waals surface area contributed by atoms with E-state index in [-0.39, 0.29) is 23.2 Å². The summed E-state index contributed by atoms with van der Waals surface area (Å²) in [5.41, 5.74) is 0.558. The topological polar surface area (TPSA) is 111 Å². The zero-order chi connectivity index (χ0) is 17.3. The van der Waals surface area contributed by atoms with Gasteiger partial charge in [0, 0.05) is 17.7 Å². The van der Waals surface area contributed by atoms with Crippen LogP contribution in [0.4, 0.5) is 11.7 Å². The van der Waals surface area contributed by atoms with Crippen LogP contribution in [0.25, 0.3) is 11.5 Å². The third-order valence-corrected chi connectivity index (χ3v) is 4.36. The highest BCUT2D eigenvalue weighted by atomic mass is 35.5. The van der Waals surface area contributed by atoms with Gasteiger partial charge in [-0.15, -0.1) is 16.4 Å². The average molecular weight is 385 g/mol. The van der Waals surface area contributed by atoms with Gasteiger partial charge >= 0.3 is 6.01 Å². The van der Waals surface area contributed by atoms with E-state index in [0.29, 0.717) is 14.2 Å². The number of non-ortho nitro benzene ring substituents is 1. The Bertz CT molecular complexity index is 922. The van der Waals surface area contributed by atoms with Crippen molar-refractivity contribution in [3.63, 3.8) is 0 Å². The minimum absolute atomic E-state index is 0.113. The Hall–Kier alpha value is -2.49. The van der Waals surface area contributed by atoms with Crippen LogP contribution >= 0.6 is 34.5 Å². The van der Waals surface area contributed by atoms with Gasteiger partial charge in [0.25, 0.3) is 17.5 Å². The molecule has 3 aromatic rings. The van der Waals surface area contributed by atoms with Crippen molar-refractivity contribution in [2.45, 2.75) is 0 Å². The van der Waals surface area contributed by atoms with Crippen molar-refractivity contribution >= 4 is 52.1 Å². The molecule has 1 N–H and O–H groups in total. The zero-order valence-electron chi connectivity index (χ0n) is 11.5. The number of hydrogen-bond acceptors (Lipinski definition) is 7. The van der Waals surface area contributed by atoms with Crippen LogP contribution in [0.15, 0.2) is 34.7 Å².